The Balaban J connectivity index is 1.75. The van der Waals surface area contributed by atoms with Crippen LogP contribution in [0.2, 0.25) is 0 Å². The number of aromatic hydroxyl groups is 2. The summed E-state index contributed by atoms with van der Waals surface area (Å²) in [6.45, 7) is 0. The van der Waals surface area contributed by atoms with Gasteiger partial charge in [-0.3, -0.25) is 4.79 Å². The molecule has 3 aromatic carbocycles. The molecule has 0 radical (unpaired) electrons. The average molecular weight is 419 g/mol. The average Bonchev–Trinajstić information content (AvgIpc) is 2.79. The summed E-state index contributed by atoms with van der Waals surface area (Å²) in [5.74, 6) is 0.321. The zero-order valence-electron chi connectivity index (χ0n) is 16.9. The number of fused-ring (bicyclic) bond motifs is 1. The number of hydrogen-bond acceptors (Lipinski definition) is 7. The lowest BCUT2D eigenvalue weighted by molar-refractivity contribution is 0.0691. The van der Waals surface area contributed by atoms with Crippen molar-refractivity contribution in [1.82, 2.24) is 5.01 Å². The predicted molar refractivity (Wildman–Crippen MR) is 116 cm³/mol. The summed E-state index contributed by atoms with van der Waals surface area (Å²) >= 11 is 0. The van der Waals surface area contributed by atoms with Crippen LogP contribution in [0.25, 0.3) is 0 Å². The van der Waals surface area contributed by atoms with Gasteiger partial charge in [0.25, 0.3) is 5.91 Å². The van der Waals surface area contributed by atoms with Gasteiger partial charge in [-0.15, -0.1) is 0 Å². The van der Waals surface area contributed by atoms with Crippen LogP contribution >= 0.6 is 0 Å². The zero-order valence-corrected chi connectivity index (χ0v) is 16.9. The number of carbonyl (C=O) groups is 1. The molecule has 8 heteroatoms. The molecular formula is C23H21N3O5. The molecule has 3 N–H and O–H groups in total. The summed E-state index contributed by atoms with van der Waals surface area (Å²) in [5.41, 5.74) is 2.49. The third-order valence-electron chi connectivity index (χ3n) is 4.96. The first-order chi connectivity index (χ1) is 15.0. The largest absolute Gasteiger partial charge is 0.504 e. The molecular weight excluding hydrogens is 398 g/mol. The fourth-order valence-corrected chi connectivity index (χ4v) is 3.36. The van der Waals surface area contributed by atoms with E-state index in [-0.39, 0.29) is 23.2 Å². The second kappa shape index (κ2) is 8.27. The number of ether oxygens (including phenoxy) is 2. The summed E-state index contributed by atoms with van der Waals surface area (Å²) in [6, 6.07) is 16.8. The molecule has 1 atom stereocenters. The van der Waals surface area contributed by atoms with Crippen LogP contribution in [0.3, 0.4) is 0 Å². The summed E-state index contributed by atoms with van der Waals surface area (Å²) in [5, 5.41) is 28.8. The normalized spacial score (nSPS) is 15.5. The van der Waals surface area contributed by atoms with Crippen molar-refractivity contribution >= 4 is 17.8 Å². The molecule has 1 aliphatic rings. The number of phenols is 2. The van der Waals surface area contributed by atoms with Gasteiger partial charge in [-0.25, -0.2) is 5.01 Å². The summed E-state index contributed by atoms with van der Waals surface area (Å²) in [4.78, 5) is 13.2. The Bertz CT molecular complexity index is 1160. The Morgan fingerprint density at radius 1 is 0.968 bits per heavy atom. The minimum atomic E-state index is -0.632. The topological polar surface area (TPSA) is 104 Å². The van der Waals surface area contributed by atoms with Gasteiger partial charge in [0.2, 0.25) is 0 Å². The number of anilines is 1. The van der Waals surface area contributed by atoms with Gasteiger partial charge >= 0.3 is 0 Å². The van der Waals surface area contributed by atoms with Crippen molar-refractivity contribution < 1.29 is 24.5 Å². The molecule has 8 nitrogen and oxygen atoms in total. The number of rotatable bonds is 5. The SMILES string of the molecule is COc1cc(/C=N/N2C(=O)c3ccccc3N[C@@H]2c2ccc(O)c(OC)c2)ccc1O. The fraction of sp³-hybridized carbons (Fsp3) is 0.130. The standard InChI is InChI=1S/C23H21N3O5/c1-30-20-11-14(7-9-18(20)27)13-24-26-22(15-8-10-19(28)21(12-15)31-2)25-17-6-4-3-5-16(17)23(26)29/h3-13,22,25,27-28H,1-2H3/b24-13+/t22-/m0/s1. The number of nitrogens with one attached hydrogen (secondary N) is 1. The Morgan fingerprint density at radius 2 is 1.65 bits per heavy atom. The van der Waals surface area contributed by atoms with Gasteiger partial charge in [0.15, 0.2) is 29.2 Å². The van der Waals surface area contributed by atoms with Gasteiger partial charge in [0.05, 0.1) is 26.0 Å². The van der Waals surface area contributed by atoms with E-state index in [0.717, 1.165) is 0 Å². The van der Waals surface area contributed by atoms with Crippen molar-refractivity contribution in [3.05, 3.63) is 77.4 Å². The number of carbonyl (C=O) groups excluding carboxylic acids is 1. The molecule has 158 valence electrons. The van der Waals surface area contributed by atoms with E-state index in [1.54, 1.807) is 36.4 Å². The molecule has 0 aliphatic carbocycles. The lowest BCUT2D eigenvalue weighted by Gasteiger charge is -2.34. The number of hydrazone groups is 1. The highest BCUT2D eigenvalue weighted by Gasteiger charge is 2.33. The fourth-order valence-electron chi connectivity index (χ4n) is 3.36. The molecule has 0 aromatic heterocycles. The first-order valence-electron chi connectivity index (χ1n) is 9.49. The summed E-state index contributed by atoms with van der Waals surface area (Å²) in [7, 11) is 2.92. The molecule has 31 heavy (non-hydrogen) atoms. The van der Waals surface area contributed by atoms with Crippen LogP contribution in [0, 0.1) is 0 Å². The van der Waals surface area contributed by atoms with Crippen molar-refractivity contribution in [1.29, 1.82) is 0 Å². The second-order valence-corrected chi connectivity index (χ2v) is 6.85. The van der Waals surface area contributed by atoms with Crippen LogP contribution in [0.4, 0.5) is 5.69 Å². The van der Waals surface area contributed by atoms with Gasteiger partial charge in [-0.05, 0) is 48.0 Å². The van der Waals surface area contributed by atoms with E-state index in [1.165, 1.54) is 37.6 Å². The molecule has 0 unspecified atom stereocenters. The highest BCUT2D eigenvalue weighted by molar-refractivity contribution is 6.02. The minimum Gasteiger partial charge on any atom is -0.504 e. The van der Waals surface area contributed by atoms with E-state index in [0.29, 0.717) is 28.1 Å². The van der Waals surface area contributed by atoms with Gasteiger partial charge in [0.1, 0.15) is 0 Å². The Labute approximate surface area is 179 Å². The number of hydrogen-bond donors (Lipinski definition) is 3. The van der Waals surface area contributed by atoms with Crippen LogP contribution in [-0.2, 0) is 0 Å². The maximum Gasteiger partial charge on any atom is 0.278 e. The molecule has 0 fully saturated rings. The van der Waals surface area contributed by atoms with Crippen molar-refractivity contribution in [3.63, 3.8) is 0 Å². The number of nitrogens with zero attached hydrogens (tertiary/aromatic N) is 2. The van der Waals surface area contributed by atoms with Crippen molar-refractivity contribution in [2.24, 2.45) is 5.10 Å². The second-order valence-electron chi connectivity index (χ2n) is 6.85. The van der Waals surface area contributed by atoms with Crippen molar-refractivity contribution in [3.8, 4) is 23.0 Å². The third-order valence-corrected chi connectivity index (χ3v) is 4.96. The Hall–Kier alpha value is -4.20. The zero-order chi connectivity index (χ0) is 22.0. The lowest BCUT2D eigenvalue weighted by atomic mass is 10.0. The molecule has 0 saturated heterocycles. The quantitative estimate of drug-likeness (QED) is 0.545. The van der Waals surface area contributed by atoms with Gasteiger partial charge in [-0.2, -0.15) is 5.10 Å². The van der Waals surface area contributed by atoms with Gasteiger partial charge < -0.3 is 25.0 Å². The Kier molecular flexibility index (Phi) is 5.36. The molecule has 0 saturated carbocycles. The molecule has 0 spiro atoms. The van der Waals surface area contributed by atoms with Crippen LogP contribution in [0.1, 0.15) is 27.7 Å². The monoisotopic (exact) mass is 419 g/mol. The van der Waals surface area contributed by atoms with E-state index in [1.807, 2.05) is 12.1 Å². The molecule has 0 bridgehead atoms. The van der Waals surface area contributed by atoms with E-state index >= 15 is 0 Å². The maximum atomic E-state index is 13.2. The van der Waals surface area contributed by atoms with Crippen molar-refractivity contribution in [2.75, 3.05) is 19.5 Å². The number of benzene rings is 3. The van der Waals surface area contributed by atoms with Gasteiger partial charge in [0, 0.05) is 11.3 Å². The van der Waals surface area contributed by atoms with E-state index in [4.69, 9.17) is 9.47 Å². The number of para-hydroxylation sites is 1. The predicted octanol–water partition coefficient (Wildman–Crippen LogP) is 3.72. The molecule has 1 amide bonds. The molecule has 4 rings (SSSR count). The minimum absolute atomic E-state index is 0.0000238. The maximum absolute atomic E-state index is 13.2. The van der Waals surface area contributed by atoms with E-state index in [9.17, 15) is 15.0 Å². The molecule has 1 aliphatic heterocycles. The third kappa shape index (κ3) is 3.83. The number of methoxy groups -OCH3 is 2. The molecule has 1 heterocycles. The smallest absolute Gasteiger partial charge is 0.278 e. The first-order valence-corrected chi connectivity index (χ1v) is 9.49. The highest BCUT2D eigenvalue weighted by atomic mass is 16.5. The number of phenolic OH excluding ortho intramolecular Hbond substituents is 2. The summed E-state index contributed by atoms with van der Waals surface area (Å²) in [6.07, 6.45) is 0.882. The van der Waals surface area contributed by atoms with Gasteiger partial charge in [-0.1, -0.05) is 18.2 Å². The van der Waals surface area contributed by atoms with Crippen molar-refractivity contribution in [2.45, 2.75) is 6.17 Å². The van der Waals surface area contributed by atoms with Crippen LogP contribution in [0.5, 0.6) is 23.0 Å². The van der Waals surface area contributed by atoms with Crippen LogP contribution in [0.15, 0.2) is 65.8 Å². The van der Waals surface area contributed by atoms with Crippen LogP contribution < -0.4 is 14.8 Å². The first kappa shape index (κ1) is 20.1. The highest BCUT2D eigenvalue weighted by Crippen LogP contribution is 2.36. The number of amides is 1. The van der Waals surface area contributed by atoms with E-state index < -0.39 is 6.17 Å². The van der Waals surface area contributed by atoms with Crippen LogP contribution in [-0.4, -0.2) is 41.6 Å². The summed E-state index contributed by atoms with van der Waals surface area (Å²) < 4.78 is 10.3. The lowest BCUT2D eigenvalue weighted by Crippen LogP contribution is -2.39. The molecule has 3 aromatic rings. The van der Waals surface area contributed by atoms with E-state index in [2.05, 4.69) is 10.4 Å². The Morgan fingerprint density at radius 3 is 2.39 bits per heavy atom.